The van der Waals surface area contributed by atoms with Gasteiger partial charge < -0.3 is 0 Å². The number of sulfone groups is 1. The number of carbonyl (C=O) groups excluding carboxylic acids is 2. The zero-order valence-electron chi connectivity index (χ0n) is 13.0. The smallest absolute Gasteiger partial charge is 0.180 e. The second kappa shape index (κ2) is 6.87. The Balaban J connectivity index is 2.27. The van der Waals surface area contributed by atoms with Crippen molar-refractivity contribution in [3.63, 3.8) is 0 Å². The number of carbonyl (C=O) groups is 2. The zero-order chi connectivity index (χ0) is 17.0. The number of hydrogen-bond acceptors (Lipinski definition) is 4. The monoisotopic (exact) mass is 330 g/mol. The fourth-order valence-electron chi connectivity index (χ4n) is 2.28. The first-order valence-electron chi connectivity index (χ1n) is 7.27. The van der Waals surface area contributed by atoms with Crippen LogP contribution in [0.3, 0.4) is 0 Å². The molecule has 4 nitrogen and oxygen atoms in total. The largest absolute Gasteiger partial charge is 0.293 e. The molecule has 120 valence electrons. The molecule has 5 heteroatoms. The van der Waals surface area contributed by atoms with Gasteiger partial charge >= 0.3 is 0 Å². The normalized spacial score (nSPS) is 14.0. The molecule has 0 unspecified atom stereocenters. The topological polar surface area (TPSA) is 68.3 Å². The summed E-state index contributed by atoms with van der Waals surface area (Å²) < 4.78 is 25.2. The van der Waals surface area contributed by atoms with Crippen molar-refractivity contribution in [3.05, 3.63) is 71.8 Å². The molecule has 0 fully saturated rings. The Morgan fingerprint density at radius 3 is 1.30 bits per heavy atom. The maximum absolute atomic E-state index is 12.6. The van der Waals surface area contributed by atoms with Gasteiger partial charge in [0.05, 0.1) is 0 Å². The lowest BCUT2D eigenvalue weighted by Gasteiger charge is -2.17. The molecule has 0 aliphatic heterocycles. The average molecular weight is 330 g/mol. The predicted octanol–water partition coefficient (Wildman–Crippen LogP) is 2.94. The number of Topliss-reactive ketones (excluding diaryl/α,β-unsaturated/α-hetero) is 2. The summed E-state index contributed by atoms with van der Waals surface area (Å²) in [7, 11) is -3.93. The number of benzene rings is 2. The third kappa shape index (κ3) is 3.56. The number of hydrogen-bond donors (Lipinski definition) is 0. The fourth-order valence-corrected chi connectivity index (χ4v) is 3.76. The molecule has 0 amide bonds. The van der Waals surface area contributed by atoms with Crippen LogP contribution >= 0.6 is 0 Å². The second-order valence-corrected chi connectivity index (χ2v) is 7.93. The van der Waals surface area contributed by atoms with Crippen LogP contribution in [0.25, 0.3) is 0 Å². The predicted molar refractivity (Wildman–Crippen MR) is 89.4 cm³/mol. The van der Waals surface area contributed by atoms with E-state index in [-0.39, 0.29) is 0 Å². The molecule has 0 bridgehead atoms. The molecule has 0 radical (unpaired) electrons. The Labute approximate surface area is 136 Å². The summed E-state index contributed by atoms with van der Waals surface area (Å²) in [5.74, 6) is -1.00. The van der Waals surface area contributed by atoms with Crippen molar-refractivity contribution in [1.82, 2.24) is 0 Å². The van der Waals surface area contributed by atoms with E-state index in [2.05, 4.69) is 0 Å². The highest BCUT2D eigenvalue weighted by Gasteiger charge is 2.37. The zero-order valence-corrected chi connectivity index (χ0v) is 13.8. The van der Waals surface area contributed by atoms with E-state index in [1.54, 1.807) is 60.7 Å². The Kier molecular flexibility index (Phi) is 5.11. The van der Waals surface area contributed by atoms with Gasteiger partial charge in [-0.15, -0.1) is 0 Å². The maximum atomic E-state index is 12.6. The van der Waals surface area contributed by atoms with Gasteiger partial charge in [0.15, 0.2) is 21.4 Å². The fraction of sp³-hybridized carbons (Fsp3) is 0.222. The quantitative estimate of drug-likeness (QED) is 0.764. The highest BCUT2D eigenvalue weighted by Crippen LogP contribution is 2.18. The van der Waals surface area contributed by atoms with E-state index in [9.17, 15) is 18.0 Å². The molecule has 2 aromatic rings. The summed E-state index contributed by atoms with van der Waals surface area (Å²) in [5.41, 5.74) is 0.644. The highest BCUT2D eigenvalue weighted by molar-refractivity contribution is 7.94. The lowest BCUT2D eigenvalue weighted by Crippen LogP contribution is -2.38. The SMILES string of the molecule is C[C@@H](C(=O)c1ccccc1)S(=O)(=O)[C@@H](C)C(=O)c1ccccc1. The molecule has 0 aromatic heterocycles. The van der Waals surface area contributed by atoms with Gasteiger partial charge in [0, 0.05) is 11.1 Å². The van der Waals surface area contributed by atoms with Crippen LogP contribution < -0.4 is 0 Å². The van der Waals surface area contributed by atoms with Crippen molar-refractivity contribution >= 4 is 21.4 Å². The highest BCUT2D eigenvalue weighted by atomic mass is 32.2. The van der Waals surface area contributed by atoms with Crippen molar-refractivity contribution in [2.45, 2.75) is 24.3 Å². The first-order chi connectivity index (χ1) is 10.9. The van der Waals surface area contributed by atoms with Gasteiger partial charge in [-0.3, -0.25) is 9.59 Å². The molecule has 0 heterocycles. The van der Waals surface area contributed by atoms with Crippen LogP contribution in [0.4, 0.5) is 0 Å². The van der Waals surface area contributed by atoms with Gasteiger partial charge in [-0.05, 0) is 13.8 Å². The van der Waals surface area contributed by atoms with E-state index in [4.69, 9.17) is 0 Å². The Hall–Kier alpha value is -2.27. The minimum absolute atomic E-state index is 0.322. The number of rotatable bonds is 6. The average Bonchev–Trinajstić information content (AvgIpc) is 2.60. The molecule has 0 aliphatic carbocycles. The lowest BCUT2D eigenvalue weighted by molar-refractivity contribution is 0.0987. The van der Waals surface area contributed by atoms with Gasteiger partial charge in [-0.1, -0.05) is 60.7 Å². The van der Waals surface area contributed by atoms with Crippen LogP contribution in [-0.4, -0.2) is 30.5 Å². The molecule has 0 saturated carbocycles. The standard InChI is InChI=1S/C18H18O4S/c1-13(17(19)15-9-5-3-6-10-15)23(21,22)14(2)18(20)16-11-7-4-8-12-16/h3-14H,1-2H3/t13-,14-/m0/s1. The van der Waals surface area contributed by atoms with Gasteiger partial charge in [0.1, 0.15) is 10.5 Å². The van der Waals surface area contributed by atoms with Gasteiger partial charge in [0.2, 0.25) is 0 Å². The second-order valence-electron chi connectivity index (χ2n) is 5.33. The van der Waals surface area contributed by atoms with Crippen LogP contribution in [0.1, 0.15) is 34.6 Å². The van der Waals surface area contributed by atoms with Crippen molar-refractivity contribution in [2.75, 3.05) is 0 Å². The first kappa shape index (κ1) is 17.1. The third-order valence-electron chi connectivity index (χ3n) is 3.84. The third-order valence-corrected chi connectivity index (χ3v) is 6.24. The van der Waals surface area contributed by atoms with Gasteiger partial charge in [0.25, 0.3) is 0 Å². The molecule has 2 atom stereocenters. The van der Waals surface area contributed by atoms with Crippen molar-refractivity contribution in [2.24, 2.45) is 0 Å². The Bertz CT molecular complexity index is 732. The first-order valence-corrected chi connectivity index (χ1v) is 8.88. The molecule has 0 saturated heterocycles. The minimum atomic E-state index is -3.93. The molecule has 0 aliphatic rings. The van der Waals surface area contributed by atoms with Crippen LogP contribution in [0, 0.1) is 0 Å². The lowest BCUT2D eigenvalue weighted by atomic mass is 10.1. The molecular formula is C18H18O4S. The van der Waals surface area contributed by atoms with E-state index >= 15 is 0 Å². The molecule has 2 aromatic carbocycles. The Morgan fingerprint density at radius 2 is 1.00 bits per heavy atom. The molecule has 0 spiro atoms. The maximum Gasteiger partial charge on any atom is 0.180 e. The van der Waals surface area contributed by atoms with Gasteiger partial charge in [-0.25, -0.2) is 8.42 Å². The van der Waals surface area contributed by atoms with Crippen LogP contribution in [-0.2, 0) is 9.84 Å². The summed E-state index contributed by atoms with van der Waals surface area (Å²) in [6, 6.07) is 16.5. The molecule has 23 heavy (non-hydrogen) atoms. The van der Waals surface area contributed by atoms with Gasteiger partial charge in [-0.2, -0.15) is 0 Å². The van der Waals surface area contributed by atoms with Crippen molar-refractivity contribution in [1.29, 1.82) is 0 Å². The van der Waals surface area contributed by atoms with Crippen molar-refractivity contribution < 1.29 is 18.0 Å². The van der Waals surface area contributed by atoms with Crippen LogP contribution in [0.2, 0.25) is 0 Å². The molecular weight excluding hydrogens is 312 g/mol. The van der Waals surface area contributed by atoms with E-state index < -0.39 is 31.9 Å². The minimum Gasteiger partial charge on any atom is -0.293 e. The van der Waals surface area contributed by atoms with E-state index in [1.807, 2.05) is 0 Å². The summed E-state index contributed by atoms with van der Waals surface area (Å²) in [5, 5.41) is -2.54. The summed E-state index contributed by atoms with van der Waals surface area (Å²) >= 11 is 0. The summed E-state index contributed by atoms with van der Waals surface area (Å²) in [4.78, 5) is 24.7. The Morgan fingerprint density at radius 1 is 0.696 bits per heavy atom. The van der Waals surface area contributed by atoms with Crippen LogP contribution in [0.5, 0.6) is 0 Å². The molecule has 2 rings (SSSR count). The van der Waals surface area contributed by atoms with Crippen LogP contribution in [0.15, 0.2) is 60.7 Å². The number of ketones is 2. The van der Waals surface area contributed by atoms with Crippen molar-refractivity contribution in [3.8, 4) is 0 Å². The van der Waals surface area contributed by atoms with E-state index in [1.165, 1.54) is 13.8 Å². The molecule has 0 N–H and O–H groups in total. The van der Waals surface area contributed by atoms with E-state index in [0.29, 0.717) is 11.1 Å². The summed E-state index contributed by atoms with van der Waals surface area (Å²) in [6.07, 6.45) is 0. The summed E-state index contributed by atoms with van der Waals surface area (Å²) in [6.45, 7) is 2.67. The van der Waals surface area contributed by atoms with E-state index in [0.717, 1.165) is 0 Å².